The summed E-state index contributed by atoms with van der Waals surface area (Å²) in [5.74, 6) is 1.48. The molecule has 0 aliphatic heterocycles. The Labute approximate surface area is 168 Å². The van der Waals surface area contributed by atoms with E-state index >= 15 is 0 Å². The number of methoxy groups -OCH3 is 1. The maximum absolute atomic E-state index is 12.1. The zero-order valence-electron chi connectivity index (χ0n) is 15.6. The van der Waals surface area contributed by atoms with Gasteiger partial charge < -0.3 is 20.7 Å². The molecule has 0 atom stereocenters. The topological polar surface area (TPSA) is 74.8 Å². The summed E-state index contributed by atoms with van der Waals surface area (Å²) in [6.07, 6.45) is 0.791. The Kier molecular flexibility index (Phi) is 8.64. The minimum absolute atomic E-state index is 0.0724. The smallest absolute Gasteiger partial charge is 0.251 e. The Morgan fingerprint density at radius 1 is 1.07 bits per heavy atom. The fourth-order valence-electron chi connectivity index (χ4n) is 2.42. The van der Waals surface area contributed by atoms with Gasteiger partial charge in [0.15, 0.2) is 5.96 Å². The van der Waals surface area contributed by atoms with Crippen molar-refractivity contribution in [3.8, 4) is 5.75 Å². The average molecular weight is 433 g/mol. The third-order valence-electron chi connectivity index (χ3n) is 3.84. The van der Waals surface area contributed by atoms with Crippen LogP contribution in [0.2, 0.25) is 0 Å². The van der Waals surface area contributed by atoms with E-state index in [9.17, 15) is 4.79 Å². The van der Waals surface area contributed by atoms with Gasteiger partial charge >= 0.3 is 0 Å². The number of carbonyl (C=O) groups is 1. The number of guanidine groups is 1. The minimum atomic E-state index is -0.0724. The van der Waals surface area contributed by atoms with Crippen LogP contribution in [0.5, 0.6) is 5.75 Å². The molecule has 0 saturated heterocycles. The fourth-order valence-corrected chi connectivity index (χ4v) is 2.82. The van der Waals surface area contributed by atoms with Crippen LogP contribution in [0.15, 0.2) is 58.0 Å². The van der Waals surface area contributed by atoms with Crippen molar-refractivity contribution < 1.29 is 9.53 Å². The molecule has 3 N–H and O–H groups in total. The highest BCUT2D eigenvalue weighted by Crippen LogP contribution is 2.12. The van der Waals surface area contributed by atoms with Crippen LogP contribution in [0.3, 0.4) is 0 Å². The van der Waals surface area contributed by atoms with Crippen LogP contribution < -0.4 is 20.7 Å². The Hall–Kier alpha value is -2.54. The second-order valence-corrected chi connectivity index (χ2v) is 6.74. The van der Waals surface area contributed by atoms with E-state index in [0.29, 0.717) is 25.2 Å². The van der Waals surface area contributed by atoms with E-state index in [1.165, 1.54) is 0 Å². The summed E-state index contributed by atoms with van der Waals surface area (Å²) in [6, 6.07) is 15.2. The second kappa shape index (κ2) is 11.2. The predicted molar refractivity (Wildman–Crippen MR) is 112 cm³/mol. The molecule has 2 aromatic carbocycles. The van der Waals surface area contributed by atoms with Crippen LogP contribution in [-0.4, -0.2) is 39.1 Å². The van der Waals surface area contributed by atoms with Gasteiger partial charge in [-0.2, -0.15) is 0 Å². The first-order valence-electron chi connectivity index (χ1n) is 8.73. The molecule has 0 fully saturated rings. The number of halogens is 1. The lowest BCUT2D eigenvalue weighted by atomic mass is 10.2. The molecule has 6 nitrogen and oxygen atoms in total. The number of hydrogen-bond acceptors (Lipinski definition) is 3. The van der Waals surface area contributed by atoms with Crippen molar-refractivity contribution in [2.24, 2.45) is 4.99 Å². The summed E-state index contributed by atoms with van der Waals surface area (Å²) in [4.78, 5) is 16.3. The molecule has 0 heterocycles. The zero-order valence-corrected chi connectivity index (χ0v) is 17.2. The first-order chi connectivity index (χ1) is 13.1. The highest BCUT2D eigenvalue weighted by molar-refractivity contribution is 9.10. The molecule has 0 aliphatic rings. The molecule has 0 saturated carbocycles. The standard InChI is InChI=1S/C20H25BrN4O2/c1-22-20(25-14-15-6-3-9-18(12-15)27-2)24-11-5-10-23-19(26)16-7-4-8-17(21)13-16/h3-4,6-9,12-13H,5,10-11,14H2,1-2H3,(H,23,26)(H2,22,24,25). The van der Waals surface area contributed by atoms with E-state index in [-0.39, 0.29) is 5.91 Å². The first kappa shape index (κ1) is 20.8. The summed E-state index contributed by atoms with van der Waals surface area (Å²) in [5, 5.41) is 9.41. The molecule has 0 aliphatic carbocycles. The van der Waals surface area contributed by atoms with Crippen LogP contribution in [-0.2, 0) is 6.54 Å². The molecular formula is C20H25BrN4O2. The van der Waals surface area contributed by atoms with Crippen LogP contribution >= 0.6 is 15.9 Å². The van der Waals surface area contributed by atoms with E-state index in [2.05, 4.69) is 36.9 Å². The normalized spacial score (nSPS) is 11.0. The molecule has 0 unspecified atom stereocenters. The van der Waals surface area contributed by atoms with Gasteiger partial charge in [-0.05, 0) is 42.3 Å². The molecule has 144 valence electrons. The van der Waals surface area contributed by atoms with E-state index in [1.54, 1.807) is 26.3 Å². The van der Waals surface area contributed by atoms with E-state index in [4.69, 9.17) is 4.74 Å². The maximum atomic E-state index is 12.1. The predicted octanol–water partition coefficient (Wildman–Crippen LogP) is 2.94. The molecule has 0 aromatic heterocycles. The minimum Gasteiger partial charge on any atom is -0.497 e. The third-order valence-corrected chi connectivity index (χ3v) is 4.33. The quantitative estimate of drug-likeness (QED) is 0.340. The third kappa shape index (κ3) is 7.30. The number of amides is 1. The zero-order chi connectivity index (χ0) is 19.5. The lowest BCUT2D eigenvalue weighted by Crippen LogP contribution is -2.38. The first-order valence-corrected chi connectivity index (χ1v) is 9.53. The molecule has 27 heavy (non-hydrogen) atoms. The van der Waals surface area contributed by atoms with E-state index < -0.39 is 0 Å². The highest BCUT2D eigenvalue weighted by Gasteiger charge is 2.05. The molecule has 2 rings (SSSR count). The SMILES string of the molecule is CN=C(NCCCNC(=O)c1cccc(Br)c1)NCc1cccc(OC)c1. The maximum Gasteiger partial charge on any atom is 0.251 e. The number of carbonyl (C=O) groups excluding carboxylic acids is 1. The number of hydrogen-bond donors (Lipinski definition) is 3. The van der Waals surface area contributed by atoms with Crippen molar-refractivity contribution in [1.82, 2.24) is 16.0 Å². The second-order valence-electron chi connectivity index (χ2n) is 5.82. The van der Waals surface area contributed by atoms with Gasteiger partial charge in [0, 0.05) is 36.7 Å². The van der Waals surface area contributed by atoms with Crippen molar-refractivity contribution in [3.63, 3.8) is 0 Å². The Bertz CT molecular complexity index is 780. The van der Waals surface area contributed by atoms with E-state index in [0.717, 1.165) is 28.2 Å². The molecule has 0 radical (unpaired) electrons. The lowest BCUT2D eigenvalue weighted by Gasteiger charge is -2.12. The fraction of sp³-hybridized carbons (Fsp3) is 0.300. The Balaban J connectivity index is 1.66. The Morgan fingerprint density at radius 2 is 1.85 bits per heavy atom. The molecule has 7 heteroatoms. The van der Waals surface area contributed by atoms with Crippen molar-refractivity contribution in [1.29, 1.82) is 0 Å². The van der Waals surface area contributed by atoms with E-state index in [1.807, 2.05) is 36.4 Å². The molecule has 1 amide bonds. The highest BCUT2D eigenvalue weighted by atomic mass is 79.9. The lowest BCUT2D eigenvalue weighted by molar-refractivity contribution is 0.0953. The summed E-state index contributed by atoms with van der Waals surface area (Å²) in [5.41, 5.74) is 1.76. The number of nitrogens with one attached hydrogen (secondary N) is 3. The van der Waals surface area contributed by atoms with Gasteiger partial charge in [0.1, 0.15) is 5.75 Å². The average Bonchev–Trinajstić information content (AvgIpc) is 2.70. The van der Waals surface area contributed by atoms with Crippen LogP contribution in [0, 0.1) is 0 Å². The van der Waals surface area contributed by atoms with Crippen molar-refractivity contribution in [2.45, 2.75) is 13.0 Å². The summed E-state index contributed by atoms with van der Waals surface area (Å²) in [6.45, 7) is 1.94. The molecule has 0 spiro atoms. The van der Waals surface area contributed by atoms with Crippen molar-refractivity contribution in [3.05, 3.63) is 64.1 Å². The van der Waals surface area contributed by atoms with Gasteiger partial charge in [0.25, 0.3) is 5.91 Å². The largest absolute Gasteiger partial charge is 0.497 e. The van der Waals surface area contributed by atoms with Gasteiger partial charge in [-0.25, -0.2) is 0 Å². The molecular weight excluding hydrogens is 408 g/mol. The number of aliphatic imine (C=N–C) groups is 1. The van der Waals surface area contributed by atoms with Crippen molar-refractivity contribution >= 4 is 27.8 Å². The van der Waals surface area contributed by atoms with Gasteiger partial charge in [-0.1, -0.05) is 34.1 Å². The number of benzene rings is 2. The van der Waals surface area contributed by atoms with Gasteiger partial charge in [0.05, 0.1) is 7.11 Å². The summed E-state index contributed by atoms with van der Waals surface area (Å²) >= 11 is 3.37. The van der Waals surface area contributed by atoms with Gasteiger partial charge in [-0.3, -0.25) is 9.79 Å². The van der Waals surface area contributed by atoms with Crippen molar-refractivity contribution in [2.75, 3.05) is 27.2 Å². The Morgan fingerprint density at radius 3 is 2.59 bits per heavy atom. The number of rotatable bonds is 8. The van der Waals surface area contributed by atoms with Gasteiger partial charge in [-0.15, -0.1) is 0 Å². The monoisotopic (exact) mass is 432 g/mol. The molecule has 0 bridgehead atoms. The number of nitrogens with zero attached hydrogens (tertiary/aromatic N) is 1. The molecule has 2 aromatic rings. The number of ether oxygens (including phenoxy) is 1. The van der Waals surface area contributed by atoms with Crippen LogP contribution in [0.1, 0.15) is 22.3 Å². The summed E-state index contributed by atoms with van der Waals surface area (Å²) < 4.78 is 6.12. The summed E-state index contributed by atoms with van der Waals surface area (Å²) in [7, 11) is 3.39. The van der Waals surface area contributed by atoms with Crippen LogP contribution in [0.4, 0.5) is 0 Å². The van der Waals surface area contributed by atoms with Gasteiger partial charge in [0.2, 0.25) is 0 Å². The van der Waals surface area contributed by atoms with Crippen LogP contribution in [0.25, 0.3) is 0 Å².